The van der Waals surface area contributed by atoms with Crippen molar-refractivity contribution >= 4 is 17.3 Å². The van der Waals surface area contributed by atoms with Crippen LogP contribution in [0.15, 0.2) is 42.5 Å². The molecular formula is C13H12ClNO. The molecule has 0 unspecified atom stereocenters. The topological polar surface area (TPSA) is 35.2 Å². The first-order valence-corrected chi connectivity index (χ1v) is 5.28. The van der Waals surface area contributed by atoms with Gasteiger partial charge in [0, 0.05) is 0 Å². The maximum absolute atomic E-state index is 5.97. The molecule has 2 aromatic carbocycles. The number of nitrogen functional groups attached to an aromatic ring is 1. The molecule has 0 atom stereocenters. The van der Waals surface area contributed by atoms with Crippen LogP contribution in [-0.2, 0) is 0 Å². The molecule has 16 heavy (non-hydrogen) atoms. The van der Waals surface area contributed by atoms with Gasteiger partial charge in [0.2, 0.25) is 0 Å². The van der Waals surface area contributed by atoms with Gasteiger partial charge in [-0.1, -0.05) is 29.8 Å². The first kappa shape index (κ1) is 10.8. The molecule has 0 aliphatic heterocycles. The van der Waals surface area contributed by atoms with Crippen LogP contribution in [0.5, 0.6) is 5.75 Å². The van der Waals surface area contributed by atoms with E-state index >= 15 is 0 Å². The molecule has 0 fully saturated rings. The van der Waals surface area contributed by atoms with E-state index in [4.69, 9.17) is 22.1 Å². The van der Waals surface area contributed by atoms with Crippen LogP contribution in [0.3, 0.4) is 0 Å². The van der Waals surface area contributed by atoms with Gasteiger partial charge in [-0.3, -0.25) is 0 Å². The van der Waals surface area contributed by atoms with Crippen LogP contribution in [0.25, 0.3) is 11.1 Å². The average molecular weight is 234 g/mol. The fourth-order valence-electron chi connectivity index (χ4n) is 1.49. The predicted octanol–water partition coefficient (Wildman–Crippen LogP) is 3.60. The Kier molecular flexibility index (Phi) is 3.02. The summed E-state index contributed by atoms with van der Waals surface area (Å²) in [4.78, 5) is 0. The van der Waals surface area contributed by atoms with E-state index in [0.29, 0.717) is 10.7 Å². The summed E-state index contributed by atoms with van der Waals surface area (Å²) in [6, 6.07) is 13.4. The molecule has 0 aromatic heterocycles. The highest BCUT2D eigenvalue weighted by atomic mass is 35.5. The minimum absolute atomic E-state index is 0.577. The molecule has 0 heterocycles. The number of methoxy groups -OCH3 is 1. The third kappa shape index (κ3) is 2.12. The Hall–Kier alpha value is -1.67. The molecule has 2 nitrogen and oxygen atoms in total. The van der Waals surface area contributed by atoms with Gasteiger partial charge >= 0.3 is 0 Å². The zero-order valence-electron chi connectivity index (χ0n) is 8.91. The summed E-state index contributed by atoms with van der Waals surface area (Å²) in [7, 11) is 1.65. The van der Waals surface area contributed by atoms with Crippen molar-refractivity contribution in [3.63, 3.8) is 0 Å². The van der Waals surface area contributed by atoms with E-state index in [1.54, 1.807) is 7.11 Å². The van der Waals surface area contributed by atoms with Crippen molar-refractivity contribution in [3.05, 3.63) is 47.5 Å². The SMILES string of the molecule is COc1ccc(-c2ccc(N)c(Cl)c2)cc1. The molecule has 2 rings (SSSR count). The lowest BCUT2D eigenvalue weighted by Crippen LogP contribution is -1.87. The zero-order valence-corrected chi connectivity index (χ0v) is 9.66. The summed E-state index contributed by atoms with van der Waals surface area (Å²) in [5.41, 5.74) is 8.39. The number of halogens is 1. The zero-order chi connectivity index (χ0) is 11.5. The molecular weight excluding hydrogens is 222 g/mol. The fraction of sp³-hybridized carbons (Fsp3) is 0.0769. The van der Waals surface area contributed by atoms with Crippen LogP contribution in [-0.4, -0.2) is 7.11 Å². The average Bonchev–Trinajstić information content (AvgIpc) is 2.33. The summed E-state index contributed by atoms with van der Waals surface area (Å²) >= 11 is 5.97. The van der Waals surface area contributed by atoms with Crippen LogP contribution in [0.2, 0.25) is 5.02 Å². The van der Waals surface area contributed by atoms with Crippen LogP contribution < -0.4 is 10.5 Å². The molecule has 0 bridgehead atoms. The molecule has 0 saturated heterocycles. The molecule has 0 amide bonds. The van der Waals surface area contributed by atoms with Crippen molar-refractivity contribution in [3.8, 4) is 16.9 Å². The lowest BCUT2D eigenvalue weighted by molar-refractivity contribution is 0.415. The predicted molar refractivity (Wildman–Crippen MR) is 67.9 cm³/mol. The van der Waals surface area contributed by atoms with Crippen LogP contribution in [0.4, 0.5) is 5.69 Å². The van der Waals surface area contributed by atoms with Gasteiger partial charge in [-0.05, 0) is 35.4 Å². The van der Waals surface area contributed by atoms with Crippen molar-refractivity contribution in [2.24, 2.45) is 0 Å². The Morgan fingerprint density at radius 3 is 2.19 bits per heavy atom. The summed E-state index contributed by atoms with van der Waals surface area (Å²) in [5.74, 6) is 0.838. The number of hydrogen-bond donors (Lipinski definition) is 1. The monoisotopic (exact) mass is 233 g/mol. The molecule has 0 saturated carbocycles. The molecule has 0 radical (unpaired) electrons. The number of ether oxygens (including phenoxy) is 1. The summed E-state index contributed by atoms with van der Waals surface area (Å²) < 4.78 is 5.10. The van der Waals surface area contributed by atoms with Crippen molar-refractivity contribution in [2.45, 2.75) is 0 Å². The Balaban J connectivity index is 2.38. The smallest absolute Gasteiger partial charge is 0.118 e. The normalized spacial score (nSPS) is 10.1. The summed E-state index contributed by atoms with van der Waals surface area (Å²) in [6.45, 7) is 0. The second kappa shape index (κ2) is 4.45. The summed E-state index contributed by atoms with van der Waals surface area (Å²) in [5, 5.41) is 0.577. The van der Waals surface area contributed by atoms with Crippen molar-refractivity contribution in [1.82, 2.24) is 0 Å². The van der Waals surface area contributed by atoms with E-state index in [2.05, 4.69) is 0 Å². The van der Waals surface area contributed by atoms with Crippen molar-refractivity contribution in [2.75, 3.05) is 12.8 Å². The van der Waals surface area contributed by atoms with E-state index in [1.165, 1.54) is 0 Å². The van der Waals surface area contributed by atoms with E-state index in [9.17, 15) is 0 Å². The maximum atomic E-state index is 5.97. The van der Waals surface area contributed by atoms with E-state index in [0.717, 1.165) is 16.9 Å². The first-order valence-electron chi connectivity index (χ1n) is 4.90. The molecule has 82 valence electrons. The van der Waals surface area contributed by atoms with Crippen LogP contribution >= 0.6 is 11.6 Å². The lowest BCUT2D eigenvalue weighted by Gasteiger charge is -2.05. The molecule has 3 heteroatoms. The number of hydrogen-bond acceptors (Lipinski definition) is 2. The lowest BCUT2D eigenvalue weighted by atomic mass is 10.1. The molecule has 2 N–H and O–H groups in total. The quantitative estimate of drug-likeness (QED) is 0.805. The first-order chi connectivity index (χ1) is 7.70. The van der Waals surface area contributed by atoms with Crippen molar-refractivity contribution < 1.29 is 4.74 Å². The fourth-order valence-corrected chi connectivity index (χ4v) is 1.67. The largest absolute Gasteiger partial charge is 0.497 e. The second-order valence-corrected chi connectivity index (χ2v) is 3.87. The Morgan fingerprint density at radius 1 is 1.00 bits per heavy atom. The highest BCUT2D eigenvalue weighted by Gasteiger charge is 2.01. The summed E-state index contributed by atoms with van der Waals surface area (Å²) in [6.07, 6.45) is 0. The third-order valence-electron chi connectivity index (χ3n) is 2.42. The molecule has 0 aliphatic rings. The molecule has 0 spiro atoms. The maximum Gasteiger partial charge on any atom is 0.118 e. The second-order valence-electron chi connectivity index (χ2n) is 3.46. The third-order valence-corrected chi connectivity index (χ3v) is 2.75. The van der Waals surface area contributed by atoms with Gasteiger partial charge < -0.3 is 10.5 Å². The van der Waals surface area contributed by atoms with E-state index in [1.807, 2.05) is 42.5 Å². The van der Waals surface area contributed by atoms with Gasteiger partial charge in [0.1, 0.15) is 5.75 Å². The number of nitrogens with two attached hydrogens (primary N) is 1. The van der Waals surface area contributed by atoms with Crippen molar-refractivity contribution in [1.29, 1.82) is 0 Å². The van der Waals surface area contributed by atoms with Gasteiger partial charge in [-0.15, -0.1) is 0 Å². The molecule has 0 aliphatic carbocycles. The minimum Gasteiger partial charge on any atom is -0.497 e. The number of rotatable bonds is 2. The minimum atomic E-state index is 0.577. The number of benzene rings is 2. The highest BCUT2D eigenvalue weighted by molar-refractivity contribution is 6.33. The standard InChI is InChI=1S/C13H12ClNO/c1-16-11-5-2-9(3-6-11)10-4-7-13(15)12(14)8-10/h2-8H,15H2,1H3. The van der Waals surface area contributed by atoms with E-state index in [-0.39, 0.29) is 0 Å². The molecule has 2 aromatic rings. The Morgan fingerprint density at radius 2 is 1.62 bits per heavy atom. The van der Waals surface area contributed by atoms with Crippen LogP contribution in [0.1, 0.15) is 0 Å². The van der Waals surface area contributed by atoms with Gasteiger partial charge in [0.25, 0.3) is 0 Å². The van der Waals surface area contributed by atoms with Crippen LogP contribution in [0, 0.1) is 0 Å². The number of anilines is 1. The van der Waals surface area contributed by atoms with Gasteiger partial charge in [0.05, 0.1) is 17.8 Å². The Labute approximate surface area is 99.6 Å². The van der Waals surface area contributed by atoms with Gasteiger partial charge in [-0.2, -0.15) is 0 Å². The van der Waals surface area contributed by atoms with Gasteiger partial charge in [0.15, 0.2) is 0 Å². The Bertz CT molecular complexity index is 494. The van der Waals surface area contributed by atoms with Gasteiger partial charge in [-0.25, -0.2) is 0 Å². The van der Waals surface area contributed by atoms with E-state index < -0.39 is 0 Å². The highest BCUT2D eigenvalue weighted by Crippen LogP contribution is 2.27.